The highest BCUT2D eigenvalue weighted by Gasteiger charge is 2.37. The van der Waals surface area contributed by atoms with Gasteiger partial charge in [0.25, 0.3) is 0 Å². The Morgan fingerprint density at radius 3 is 1.27 bits per heavy atom. The molecule has 0 amide bonds. The van der Waals surface area contributed by atoms with Crippen LogP contribution in [0.15, 0.2) is 84.9 Å². The van der Waals surface area contributed by atoms with Crippen molar-refractivity contribution in [3.8, 4) is 11.5 Å². The van der Waals surface area contributed by atoms with Gasteiger partial charge in [-0.15, -0.1) is 0 Å². The van der Waals surface area contributed by atoms with Crippen molar-refractivity contribution >= 4 is 22.9 Å². The fourth-order valence-electron chi connectivity index (χ4n) is 4.89. The number of carbonyl (C=O) groups is 2. The molecule has 204 valence electrons. The summed E-state index contributed by atoms with van der Waals surface area (Å²) in [6, 6.07) is 26.1. The molecule has 5 rings (SSSR count). The number of rotatable bonds is 12. The van der Waals surface area contributed by atoms with Gasteiger partial charge in [0, 0.05) is 50.6 Å². The van der Waals surface area contributed by atoms with Crippen molar-refractivity contribution in [3.05, 3.63) is 118 Å². The largest absolute Gasteiger partial charge is 0.507 e. The van der Waals surface area contributed by atoms with Crippen LogP contribution >= 0.6 is 0 Å². The van der Waals surface area contributed by atoms with E-state index in [1.54, 1.807) is 12.1 Å². The molecule has 0 spiro atoms. The maximum atomic E-state index is 13.7. The first kappa shape index (κ1) is 26.9. The first-order valence-electron chi connectivity index (χ1n) is 13.3. The van der Waals surface area contributed by atoms with Crippen LogP contribution in [0.3, 0.4) is 0 Å². The zero-order chi connectivity index (χ0) is 27.9. The number of phenolic OH excluding ortho intramolecular Hbond substituents is 2. The Kier molecular flexibility index (Phi) is 8.39. The van der Waals surface area contributed by atoms with E-state index < -0.39 is 11.6 Å². The third-order valence-corrected chi connectivity index (χ3v) is 6.85. The molecule has 40 heavy (non-hydrogen) atoms. The Bertz CT molecular complexity index is 1390. The third kappa shape index (κ3) is 5.83. The van der Waals surface area contributed by atoms with E-state index in [4.69, 9.17) is 0 Å². The minimum absolute atomic E-state index is 0.176. The molecule has 0 heterocycles. The number of phenols is 2. The summed E-state index contributed by atoms with van der Waals surface area (Å²) in [5.41, 5.74) is 3.34. The number of hydrogen-bond acceptors (Lipinski definition) is 8. The minimum Gasteiger partial charge on any atom is -0.507 e. The van der Waals surface area contributed by atoms with Crippen molar-refractivity contribution in [3.63, 3.8) is 0 Å². The SMILES string of the molecule is O=C1c2c(O)ccc(O)c2C(=O)c2c(NCCNCc3ccccc3)ccc(NCCNCc3ccccc3)c21. The average Bonchev–Trinajstić information content (AvgIpc) is 2.98. The Labute approximate surface area is 233 Å². The van der Waals surface area contributed by atoms with E-state index in [2.05, 4.69) is 21.3 Å². The lowest BCUT2D eigenvalue weighted by molar-refractivity contribution is 0.0975. The van der Waals surface area contributed by atoms with Crippen LogP contribution in [-0.4, -0.2) is 48.0 Å². The molecule has 8 nitrogen and oxygen atoms in total. The van der Waals surface area contributed by atoms with Gasteiger partial charge in [-0.1, -0.05) is 60.7 Å². The zero-order valence-corrected chi connectivity index (χ0v) is 22.0. The van der Waals surface area contributed by atoms with Crippen molar-refractivity contribution in [2.75, 3.05) is 36.8 Å². The van der Waals surface area contributed by atoms with Gasteiger partial charge in [0.2, 0.25) is 11.6 Å². The quantitative estimate of drug-likeness (QED) is 0.103. The number of benzene rings is 4. The minimum atomic E-state index is -0.511. The maximum Gasteiger partial charge on any atom is 0.200 e. The van der Waals surface area contributed by atoms with Crippen LogP contribution in [0.25, 0.3) is 0 Å². The van der Waals surface area contributed by atoms with Gasteiger partial charge in [0.15, 0.2) is 0 Å². The zero-order valence-electron chi connectivity index (χ0n) is 22.0. The van der Waals surface area contributed by atoms with Crippen molar-refractivity contribution < 1.29 is 19.8 Å². The molecule has 0 saturated heterocycles. The number of ketones is 2. The Morgan fingerprint density at radius 2 is 0.875 bits per heavy atom. The van der Waals surface area contributed by atoms with Crippen LogP contribution < -0.4 is 21.3 Å². The summed E-state index contributed by atoms with van der Waals surface area (Å²) in [4.78, 5) is 27.4. The van der Waals surface area contributed by atoms with E-state index in [0.717, 1.165) is 0 Å². The second-order valence-electron chi connectivity index (χ2n) is 9.60. The van der Waals surface area contributed by atoms with Gasteiger partial charge in [-0.2, -0.15) is 0 Å². The second-order valence-corrected chi connectivity index (χ2v) is 9.60. The number of hydrogen-bond donors (Lipinski definition) is 6. The molecule has 1 aliphatic carbocycles. The van der Waals surface area contributed by atoms with Gasteiger partial charge < -0.3 is 31.5 Å². The Morgan fingerprint density at radius 1 is 0.475 bits per heavy atom. The lowest BCUT2D eigenvalue weighted by atomic mass is 9.81. The summed E-state index contributed by atoms with van der Waals surface area (Å²) in [5.74, 6) is -1.70. The standard InChI is InChI=1S/C32H32N4O4/c37-25-13-14-26(38)30-29(25)31(39)27-23(35-17-15-33-19-21-7-3-1-4-8-21)11-12-24(28(27)32(30)40)36-18-16-34-20-22-9-5-2-6-10-22/h1-14,33-38H,15-20H2. The van der Waals surface area contributed by atoms with Crippen LogP contribution in [0.4, 0.5) is 11.4 Å². The third-order valence-electron chi connectivity index (χ3n) is 6.85. The first-order chi connectivity index (χ1) is 19.5. The second kappa shape index (κ2) is 12.5. The van der Waals surface area contributed by atoms with Gasteiger partial charge in [-0.25, -0.2) is 0 Å². The molecule has 4 aromatic rings. The van der Waals surface area contributed by atoms with Gasteiger partial charge in [-0.05, 0) is 35.4 Å². The monoisotopic (exact) mass is 536 g/mol. The first-order valence-corrected chi connectivity index (χ1v) is 13.3. The van der Waals surface area contributed by atoms with E-state index in [1.807, 2.05) is 60.7 Å². The highest BCUT2D eigenvalue weighted by molar-refractivity contribution is 6.33. The lowest BCUT2D eigenvalue weighted by Crippen LogP contribution is -2.27. The summed E-state index contributed by atoms with van der Waals surface area (Å²) in [7, 11) is 0. The van der Waals surface area contributed by atoms with Crippen molar-refractivity contribution in [1.29, 1.82) is 0 Å². The molecule has 0 radical (unpaired) electrons. The fraction of sp³-hybridized carbons (Fsp3) is 0.188. The Hall–Kier alpha value is -4.66. The summed E-state index contributed by atoms with van der Waals surface area (Å²) in [6.07, 6.45) is 0. The molecule has 1 aliphatic rings. The van der Waals surface area contributed by atoms with Gasteiger partial charge >= 0.3 is 0 Å². The number of anilines is 2. The topological polar surface area (TPSA) is 123 Å². The molecule has 0 unspecified atom stereocenters. The molecule has 4 aromatic carbocycles. The summed E-state index contributed by atoms with van der Waals surface area (Å²) in [6.45, 7) is 3.69. The molecular formula is C32H32N4O4. The van der Waals surface area contributed by atoms with Crippen LogP contribution in [0.2, 0.25) is 0 Å². The number of carbonyl (C=O) groups excluding carboxylic acids is 2. The summed E-state index contributed by atoms with van der Waals surface area (Å²) in [5, 5.41) is 34.2. The highest BCUT2D eigenvalue weighted by Crippen LogP contribution is 2.42. The summed E-state index contributed by atoms with van der Waals surface area (Å²) < 4.78 is 0. The lowest BCUT2D eigenvalue weighted by Gasteiger charge is -2.25. The molecule has 0 atom stereocenters. The molecule has 0 saturated carbocycles. The van der Waals surface area contributed by atoms with Crippen LogP contribution in [0, 0.1) is 0 Å². The van der Waals surface area contributed by atoms with E-state index in [0.29, 0.717) is 50.6 Å². The van der Waals surface area contributed by atoms with Crippen molar-refractivity contribution in [1.82, 2.24) is 10.6 Å². The van der Waals surface area contributed by atoms with E-state index in [-0.39, 0.29) is 33.8 Å². The van der Waals surface area contributed by atoms with Crippen LogP contribution in [0.1, 0.15) is 43.0 Å². The van der Waals surface area contributed by atoms with E-state index >= 15 is 0 Å². The van der Waals surface area contributed by atoms with Crippen LogP contribution in [-0.2, 0) is 13.1 Å². The molecule has 0 aliphatic heterocycles. The molecular weight excluding hydrogens is 504 g/mol. The van der Waals surface area contributed by atoms with E-state index in [9.17, 15) is 19.8 Å². The highest BCUT2D eigenvalue weighted by atomic mass is 16.3. The predicted octanol–water partition coefficient (Wildman–Crippen LogP) is 4.28. The van der Waals surface area contributed by atoms with Crippen molar-refractivity contribution in [2.24, 2.45) is 0 Å². The Balaban J connectivity index is 1.33. The molecule has 0 fully saturated rings. The van der Waals surface area contributed by atoms with Gasteiger partial charge in [0.1, 0.15) is 11.5 Å². The number of nitrogens with one attached hydrogen (secondary N) is 4. The van der Waals surface area contributed by atoms with Gasteiger partial charge in [0.05, 0.1) is 22.3 Å². The maximum absolute atomic E-state index is 13.7. The fourth-order valence-corrected chi connectivity index (χ4v) is 4.89. The summed E-state index contributed by atoms with van der Waals surface area (Å²) >= 11 is 0. The number of fused-ring (bicyclic) bond motifs is 2. The van der Waals surface area contributed by atoms with Gasteiger partial charge in [-0.3, -0.25) is 9.59 Å². The normalized spacial score (nSPS) is 12.1. The molecule has 0 aromatic heterocycles. The van der Waals surface area contributed by atoms with Crippen molar-refractivity contribution in [2.45, 2.75) is 13.1 Å². The predicted molar refractivity (Wildman–Crippen MR) is 156 cm³/mol. The number of aromatic hydroxyl groups is 2. The molecule has 8 heteroatoms. The molecule has 0 bridgehead atoms. The van der Waals surface area contributed by atoms with E-state index in [1.165, 1.54) is 23.3 Å². The average molecular weight is 537 g/mol. The van der Waals surface area contributed by atoms with Crippen LogP contribution in [0.5, 0.6) is 11.5 Å². The smallest absolute Gasteiger partial charge is 0.200 e. The molecule has 6 N–H and O–H groups in total.